The minimum atomic E-state index is -0.538. The highest BCUT2D eigenvalue weighted by molar-refractivity contribution is 5.76. The average Bonchev–Trinajstić information content (AvgIpc) is 2.46. The van der Waals surface area contributed by atoms with Crippen molar-refractivity contribution >= 4 is 18.1 Å². The van der Waals surface area contributed by atoms with Gasteiger partial charge in [0.25, 0.3) is 0 Å². The summed E-state index contributed by atoms with van der Waals surface area (Å²) >= 11 is 0. The summed E-state index contributed by atoms with van der Waals surface area (Å²) in [6.07, 6.45) is 0.0225. The number of benzene rings is 1. The molecule has 1 aliphatic heterocycles. The van der Waals surface area contributed by atoms with Gasteiger partial charge >= 0.3 is 6.09 Å². The summed E-state index contributed by atoms with van der Waals surface area (Å²) in [6, 6.07) is 4.56. The molecule has 0 atom stereocenters. The van der Waals surface area contributed by atoms with Crippen LogP contribution in [0, 0.1) is 5.82 Å². The number of rotatable bonds is 3. The van der Waals surface area contributed by atoms with Crippen LogP contribution in [0.15, 0.2) is 18.2 Å². The SMILES string of the molecule is CC(C)(C)OC(=O)NN1CCN(c2ccc(C=O)c(F)c2)CC1. The number of piperazine rings is 1. The van der Waals surface area contributed by atoms with Gasteiger partial charge in [-0.2, -0.15) is 0 Å². The van der Waals surface area contributed by atoms with Gasteiger partial charge in [-0.3, -0.25) is 10.2 Å². The number of amides is 1. The predicted molar refractivity (Wildman–Crippen MR) is 84.9 cm³/mol. The lowest BCUT2D eigenvalue weighted by atomic mass is 10.2. The smallest absolute Gasteiger partial charge is 0.422 e. The molecule has 6 nitrogen and oxygen atoms in total. The van der Waals surface area contributed by atoms with Crippen molar-refractivity contribution in [3.05, 3.63) is 29.6 Å². The standard InChI is InChI=1S/C16H22FN3O3/c1-16(2,3)23-15(22)18-20-8-6-19(7-9-20)13-5-4-12(11-21)14(17)10-13/h4-5,10-11H,6-9H2,1-3H3,(H,18,22). The molecule has 1 amide bonds. The third-order valence-electron chi connectivity index (χ3n) is 3.40. The molecule has 0 aromatic heterocycles. The Kier molecular flexibility index (Phi) is 5.20. The number of ether oxygens (including phenoxy) is 1. The minimum absolute atomic E-state index is 0.0546. The maximum atomic E-state index is 13.7. The van der Waals surface area contributed by atoms with Crippen LogP contribution in [-0.4, -0.2) is 49.2 Å². The van der Waals surface area contributed by atoms with Crippen molar-refractivity contribution < 1.29 is 18.7 Å². The Hall–Kier alpha value is -2.15. The quantitative estimate of drug-likeness (QED) is 0.864. The van der Waals surface area contributed by atoms with Gasteiger partial charge in [-0.25, -0.2) is 14.2 Å². The summed E-state index contributed by atoms with van der Waals surface area (Å²) in [5.74, 6) is -0.521. The molecule has 0 saturated carbocycles. The highest BCUT2D eigenvalue weighted by Crippen LogP contribution is 2.19. The monoisotopic (exact) mass is 323 g/mol. The van der Waals surface area contributed by atoms with E-state index in [4.69, 9.17) is 4.74 Å². The third-order valence-corrected chi connectivity index (χ3v) is 3.40. The molecular formula is C16H22FN3O3. The first kappa shape index (κ1) is 17.2. The Morgan fingerprint density at radius 2 is 1.91 bits per heavy atom. The third kappa shape index (κ3) is 4.92. The molecule has 1 N–H and O–H groups in total. The van der Waals surface area contributed by atoms with Crippen molar-refractivity contribution in [2.75, 3.05) is 31.1 Å². The van der Waals surface area contributed by atoms with Gasteiger partial charge in [-0.1, -0.05) is 0 Å². The van der Waals surface area contributed by atoms with E-state index in [-0.39, 0.29) is 5.56 Å². The zero-order valence-corrected chi connectivity index (χ0v) is 13.6. The Bertz CT molecular complexity index is 578. The van der Waals surface area contributed by atoms with E-state index in [9.17, 15) is 14.0 Å². The molecule has 0 unspecified atom stereocenters. The molecule has 1 aliphatic rings. The summed E-state index contributed by atoms with van der Waals surface area (Å²) < 4.78 is 18.9. The van der Waals surface area contributed by atoms with Crippen molar-refractivity contribution in [1.29, 1.82) is 0 Å². The van der Waals surface area contributed by atoms with Crippen molar-refractivity contribution in [1.82, 2.24) is 10.4 Å². The number of aldehydes is 1. The zero-order chi connectivity index (χ0) is 17.0. The van der Waals surface area contributed by atoms with E-state index >= 15 is 0 Å². The Morgan fingerprint density at radius 1 is 1.26 bits per heavy atom. The van der Waals surface area contributed by atoms with Gasteiger partial charge in [0.05, 0.1) is 5.56 Å². The molecule has 1 aromatic carbocycles. The first-order valence-electron chi connectivity index (χ1n) is 7.53. The van der Waals surface area contributed by atoms with Crippen molar-refractivity contribution in [2.24, 2.45) is 0 Å². The van der Waals surface area contributed by atoms with E-state index in [1.807, 2.05) is 25.7 Å². The number of hydrazine groups is 1. The predicted octanol–water partition coefficient (Wildman–Crippen LogP) is 2.20. The lowest BCUT2D eigenvalue weighted by Gasteiger charge is -2.36. The van der Waals surface area contributed by atoms with Crippen LogP contribution in [0.2, 0.25) is 0 Å². The van der Waals surface area contributed by atoms with Crippen molar-refractivity contribution in [2.45, 2.75) is 26.4 Å². The highest BCUT2D eigenvalue weighted by atomic mass is 19.1. The topological polar surface area (TPSA) is 61.9 Å². The van der Waals surface area contributed by atoms with Gasteiger partial charge < -0.3 is 9.64 Å². The summed E-state index contributed by atoms with van der Waals surface area (Å²) in [5.41, 5.74) is 2.95. The van der Waals surface area contributed by atoms with E-state index in [1.165, 1.54) is 12.1 Å². The normalized spacial score (nSPS) is 16.1. The van der Waals surface area contributed by atoms with Crippen LogP contribution in [0.4, 0.5) is 14.9 Å². The largest absolute Gasteiger partial charge is 0.443 e. The fourth-order valence-corrected chi connectivity index (χ4v) is 2.31. The van der Waals surface area contributed by atoms with Crippen LogP contribution in [0.5, 0.6) is 0 Å². The van der Waals surface area contributed by atoms with Crippen LogP contribution in [0.3, 0.4) is 0 Å². The molecule has 2 rings (SSSR count). The summed E-state index contributed by atoms with van der Waals surface area (Å²) in [7, 11) is 0. The van der Waals surface area contributed by atoms with Gasteiger partial charge in [0.1, 0.15) is 11.4 Å². The van der Waals surface area contributed by atoms with Gasteiger partial charge in [0.2, 0.25) is 0 Å². The van der Waals surface area contributed by atoms with Crippen molar-refractivity contribution in [3.63, 3.8) is 0 Å². The molecule has 1 heterocycles. The fraction of sp³-hybridized carbons (Fsp3) is 0.500. The van der Waals surface area contributed by atoms with E-state index < -0.39 is 17.5 Å². The van der Waals surface area contributed by atoms with Crippen LogP contribution < -0.4 is 10.3 Å². The molecule has 23 heavy (non-hydrogen) atoms. The van der Waals surface area contributed by atoms with E-state index in [2.05, 4.69) is 5.43 Å². The molecule has 7 heteroatoms. The maximum Gasteiger partial charge on any atom is 0.422 e. The molecule has 1 saturated heterocycles. The average molecular weight is 323 g/mol. The molecule has 126 valence electrons. The Balaban J connectivity index is 1.87. The molecule has 0 aliphatic carbocycles. The first-order chi connectivity index (χ1) is 10.8. The molecular weight excluding hydrogens is 301 g/mol. The number of nitrogens with one attached hydrogen (secondary N) is 1. The van der Waals surface area contributed by atoms with Gasteiger partial charge in [0.15, 0.2) is 6.29 Å². The number of carbonyl (C=O) groups is 2. The number of hydrogen-bond acceptors (Lipinski definition) is 5. The second kappa shape index (κ2) is 6.95. The fourth-order valence-electron chi connectivity index (χ4n) is 2.31. The number of hydrogen-bond donors (Lipinski definition) is 1. The zero-order valence-electron chi connectivity index (χ0n) is 13.6. The summed E-state index contributed by atoms with van der Waals surface area (Å²) in [4.78, 5) is 24.4. The molecule has 0 bridgehead atoms. The van der Waals surface area contributed by atoms with Gasteiger partial charge in [-0.05, 0) is 39.0 Å². The lowest BCUT2D eigenvalue weighted by Crippen LogP contribution is -2.54. The highest BCUT2D eigenvalue weighted by Gasteiger charge is 2.22. The number of halogens is 1. The molecule has 1 aromatic rings. The van der Waals surface area contributed by atoms with E-state index in [1.54, 1.807) is 11.1 Å². The number of nitrogens with zero attached hydrogens (tertiary/aromatic N) is 2. The second-order valence-corrected chi connectivity index (χ2v) is 6.41. The maximum absolute atomic E-state index is 13.7. The van der Waals surface area contributed by atoms with Crippen LogP contribution >= 0.6 is 0 Å². The van der Waals surface area contributed by atoms with Crippen LogP contribution in [-0.2, 0) is 4.74 Å². The van der Waals surface area contributed by atoms with E-state index in [0.29, 0.717) is 32.5 Å². The Labute approximate surface area is 135 Å². The lowest BCUT2D eigenvalue weighted by molar-refractivity contribution is 0.0320. The summed E-state index contributed by atoms with van der Waals surface area (Å²) in [6.45, 7) is 7.88. The van der Waals surface area contributed by atoms with Gasteiger partial charge in [0, 0.05) is 31.9 Å². The molecule has 0 radical (unpaired) electrons. The minimum Gasteiger partial charge on any atom is -0.443 e. The second-order valence-electron chi connectivity index (χ2n) is 6.41. The van der Waals surface area contributed by atoms with Crippen LogP contribution in [0.1, 0.15) is 31.1 Å². The van der Waals surface area contributed by atoms with Crippen LogP contribution in [0.25, 0.3) is 0 Å². The van der Waals surface area contributed by atoms with E-state index in [0.717, 1.165) is 5.69 Å². The van der Waals surface area contributed by atoms with Gasteiger partial charge in [-0.15, -0.1) is 0 Å². The first-order valence-corrected chi connectivity index (χ1v) is 7.53. The summed E-state index contributed by atoms with van der Waals surface area (Å²) in [5, 5.41) is 1.78. The Morgan fingerprint density at radius 3 is 2.43 bits per heavy atom. The van der Waals surface area contributed by atoms with Crippen molar-refractivity contribution in [3.8, 4) is 0 Å². The number of carbonyl (C=O) groups excluding carboxylic acids is 2. The molecule has 0 spiro atoms. The molecule has 1 fully saturated rings. The number of anilines is 1.